The van der Waals surface area contributed by atoms with Gasteiger partial charge in [0.2, 0.25) is 5.88 Å². The van der Waals surface area contributed by atoms with Crippen LogP contribution in [0.2, 0.25) is 0 Å². The number of hydrazine groups is 1. The fraction of sp³-hybridized carbons (Fsp3) is 0.240. The van der Waals surface area contributed by atoms with E-state index in [2.05, 4.69) is 63.0 Å². The van der Waals surface area contributed by atoms with Crippen LogP contribution in [0.1, 0.15) is 36.2 Å². The third kappa shape index (κ3) is 5.89. The molecule has 1 aliphatic rings. The lowest BCUT2D eigenvalue weighted by molar-refractivity contribution is -0.123. The molecule has 0 fully saturated rings. The van der Waals surface area contributed by atoms with E-state index in [1.807, 2.05) is 19.1 Å². The third-order valence-corrected chi connectivity index (χ3v) is 5.62. The lowest BCUT2D eigenvalue weighted by Gasteiger charge is -2.11. The highest BCUT2D eigenvalue weighted by Gasteiger charge is 2.18. The molecule has 0 saturated heterocycles. The van der Waals surface area contributed by atoms with Crippen molar-refractivity contribution in [3.8, 4) is 11.9 Å². The van der Waals surface area contributed by atoms with Crippen molar-refractivity contribution >= 4 is 27.4 Å². The molecule has 33 heavy (non-hydrogen) atoms. The quantitative estimate of drug-likeness (QED) is 0.510. The number of aromatic nitrogens is 1. The molecule has 0 saturated carbocycles. The maximum absolute atomic E-state index is 12.3. The second-order valence-electron chi connectivity index (χ2n) is 7.56. The predicted octanol–water partition coefficient (Wildman–Crippen LogP) is 4.49. The number of amides is 1. The Hall–Kier alpha value is -3.41. The van der Waals surface area contributed by atoms with E-state index in [9.17, 15) is 10.1 Å². The maximum atomic E-state index is 12.3. The van der Waals surface area contributed by atoms with Crippen LogP contribution in [0.15, 0.2) is 63.8 Å². The van der Waals surface area contributed by atoms with E-state index in [-0.39, 0.29) is 24.7 Å². The molecule has 1 aromatic heterocycles. The normalized spacial score (nSPS) is 14.2. The van der Waals surface area contributed by atoms with Gasteiger partial charge in [0.1, 0.15) is 11.6 Å². The Morgan fingerprint density at radius 1 is 1.24 bits per heavy atom. The number of allylic oxidation sites excluding steroid dienone is 5. The first-order valence-corrected chi connectivity index (χ1v) is 11.1. The standard InChI is InChI=1S/C25H25BrN4O3/c1-15-9-19(17(3)24(15)18-5-7-21(26)8-6-18)12-28-30-23(31)14-33-25-22(11-27)20(13-32-4)10-16(2)29-25/h5-10,12,28H,13-14H2,1-4H3,(H,30,31). The van der Waals surface area contributed by atoms with Crippen molar-refractivity contribution in [2.24, 2.45) is 0 Å². The minimum absolute atomic E-state index is 0.116. The number of hydrogen-bond acceptors (Lipinski definition) is 6. The molecule has 0 aliphatic heterocycles. The zero-order valence-corrected chi connectivity index (χ0v) is 20.5. The number of rotatable bonds is 8. The molecule has 1 aromatic carbocycles. The van der Waals surface area contributed by atoms with Crippen molar-refractivity contribution in [1.29, 1.82) is 5.26 Å². The summed E-state index contributed by atoms with van der Waals surface area (Å²) in [4.78, 5) is 16.5. The second-order valence-corrected chi connectivity index (χ2v) is 8.48. The summed E-state index contributed by atoms with van der Waals surface area (Å²) in [5.74, 6) is -0.286. The summed E-state index contributed by atoms with van der Waals surface area (Å²) < 4.78 is 11.7. The van der Waals surface area contributed by atoms with Gasteiger partial charge in [-0.05, 0) is 72.9 Å². The number of benzene rings is 1. The molecule has 0 spiro atoms. The number of halogens is 1. The van der Waals surface area contributed by atoms with Crippen molar-refractivity contribution in [2.45, 2.75) is 27.4 Å². The van der Waals surface area contributed by atoms with Crippen molar-refractivity contribution in [3.05, 3.63) is 86.2 Å². The third-order valence-electron chi connectivity index (χ3n) is 5.09. The van der Waals surface area contributed by atoms with Crippen LogP contribution in [0.4, 0.5) is 0 Å². The van der Waals surface area contributed by atoms with E-state index in [1.165, 1.54) is 5.57 Å². The SMILES string of the molecule is COCc1cc(C)nc(OCC(=O)NNC=C2C=C(C)C(c3ccc(Br)cc3)=C2C)c1C#N. The Bertz CT molecular complexity index is 1190. The topological polar surface area (TPSA) is 96.3 Å². The van der Waals surface area contributed by atoms with Gasteiger partial charge in [-0.2, -0.15) is 5.26 Å². The number of aryl methyl sites for hydroxylation is 1. The number of nitrogens with one attached hydrogen (secondary N) is 2. The molecule has 0 unspecified atom stereocenters. The first kappa shape index (κ1) is 24.2. The number of hydrogen-bond donors (Lipinski definition) is 2. The zero-order valence-electron chi connectivity index (χ0n) is 19.0. The zero-order chi connectivity index (χ0) is 24.0. The molecule has 0 atom stereocenters. The molecule has 7 nitrogen and oxygen atoms in total. The van der Waals surface area contributed by atoms with E-state index in [0.717, 1.165) is 26.8 Å². The fourth-order valence-electron chi connectivity index (χ4n) is 3.63. The number of carbonyl (C=O) groups is 1. The number of carbonyl (C=O) groups excluding carboxylic acids is 1. The molecule has 2 aromatic rings. The molecule has 1 heterocycles. The molecule has 170 valence electrons. The molecule has 0 bridgehead atoms. The van der Waals surface area contributed by atoms with Crippen molar-refractivity contribution in [1.82, 2.24) is 15.8 Å². The smallest absolute Gasteiger partial charge is 0.276 e. The van der Waals surface area contributed by atoms with Crippen LogP contribution in [0.25, 0.3) is 5.57 Å². The van der Waals surface area contributed by atoms with Gasteiger partial charge in [0.05, 0.1) is 6.61 Å². The van der Waals surface area contributed by atoms with Gasteiger partial charge in [-0.3, -0.25) is 10.2 Å². The van der Waals surface area contributed by atoms with E-state index >= 15 is 0 Å². The summed E-state index contributed by atoms with van der Waals surface area (Å²) in [6, 6.07) is 12.0. The van der Waals surface area contributed by atoms with Gasteiger partial charge in [0.25, 0.3) is 5.91 Å². The Morgan fingerprint density at radius 2 is 1.97 bits per heavy atom. The van der Waals surface area contributed by atoms with Gasteiger partial charge in [-0.15, -0.1) is 0 Å². The highest BCUT2D eigenvalue weighted by Crippen LogP contribution is 2.37. The summed E-state index contributed by atoms with van der Waals surface area (Å²) in [5, 5.41) is 9.45. The minimum Gasteiger partial charge on any atom is -0.467 e. The van der Waals surface area contributed by atoms with Crippen LogP contribution in [0.3, 0.4) is 0 Å². The van der Waals surface area contributed by atoms with Crippen molar-refractivity contribution in [3.63, 3.8) is 0 Å². The Kier molecular flexibility index (Phi) is 8.04. The van der Waals surface area contributed by atoms with Gasteiger partial charge in [-0.25, -0.2) is 4.98 Å². The van der Waals surface area contributed by atoms with Gasteiger partial charge in [-0.1, -0.05) is 28.1 Å². The molecule has 3 rings (SSSR count). The average Bonchev–Trinajstić information content (AvgIpc) is 3.06. The van der Waals surface area contributed by atoms with Crippen molar-refractivity contribution < 1.29 is 14.3 Å². The number of ether oxygens (including phenoxy) is 2. The van der Waals surface area contributed by atoms with Crippen LogP contribution >= 0.6 is 15.9 Å². The maximum Gasteiger partial charge on any atom is 0.276 e. The van der Waals surface area contributed by atoms with E-state index in [0.29, 0.717) is 11.3 Å². The molecular weight excluding hydrogens is 484 g/mol. The monoisotopic (exact) mass is 508 g/mol. The molecule has 8 heteroatoms. The largest absolute Gasteiger partial charge is 0.467 e. The van der Waals surface area contributed by atoms with E-state index in [1.54, 1.807) is 26.3 Å². The summed E-state index contributed by atoms with van der Waals surface area (Å²) >= 11 is 3.47. The number of methoxy groups -OCH3 is 1. The van der Waals surface area contributed by atoms with Gasteiger partial charge < -0.3 is 14.9 Å². The number of pyridine rings is 1. The first-order chi connectivity index (χ1) is 15.8. The van der Waals surface area contributed by atoms with Gasteiger partial charge in [0.15, 0.2) is 6.61 Å². The van der Waals surface area contributed by atoms with Crippen LogP contribution in [-0.2, 0) is 16.1 Å². The van der Waals surface area contributed by atoms with Crippen LogP contribution in [0.5, 0.6) is 5.88 Å². The molecule has 2 N–H and O–H groups in total. The van der Waals surface area contributed by atoms with E-state index in [4.69, 9.17) is 9.47 Å². The molecular formula is C25H25BrN4O3. The van der Waals surface area contributed by atoms with Crippen LogP contribution in [-0.4, -0.2) is 24.6 Å². The predicted molar refractivity (Wildman–Crippen MR) is 130 cm³/mol. The van der Waals surface area contributed by atoms with E-state index < -0.39 is 5.91 Å². The summed E-state index contributed by atoms with van der Waals surface area (Å²) in [6.45, 7) is 5.87. The Morgan fingerprint density at radius 3 is 2.64 bits per heavy atom. The van der Waals surface area contributed by atoms with Gasteiger partial charge >= 0.3 is 0 Å². The number of nitrogens with zero attached hydrogens (tertiary/aromatic N) is 2. The highest BCUT2D eigenvalue weighted by atomic mass is 79.9. The second kappa shape index (κ2) is 10.9. The average molecular weight is 509 g/mol. The lowest BCUT2D eigenvalue weighted by Crippen LogP contribution is -2.37. The fourth-order valence-corrected chi connectivity index (χ4v) is 3.90. The molecule has 1 aliphatic carbocycles. The van der Waals surface area contributed by atoms with Crippen molar-refractivity contribution in [2.75, 3.05) is 13.7 Å². The summed E-state index contributed by atoms with van der Waals surface area (Å²) in [6.07, 6.45) is 3.81. The summed E-state index contributed by atoms with van der Waals surface area (Å²) in [5.41, 5.74) is 12.6. The lowest BCUT2D eigenvalue weighted by atomic mass is 9.98. The number of nitriles is 1. The van der Waals surface area contributed by atoms with Gasteiger partial charge in [0, 0.05) is 29.0 Å². The molecule has 1 amide bonds. The molecule has 0 radical (unpaired) electrons. The summed E-state index contributed by atoms with van der Waals surface area (Å²) in [7, 11) is 1.55. The Labute approximate surface area is 201 Å². The highest BCUT2D eigenvalue weighted by molar-refractivity contribution is 9.10. The van der Waals surface area contributed by atoms with Crippen LogP contribution in [0, 0.1) is 18.3 Å². The van der Waals surface area contributed by atoms with Crippen LogP contribution < -0.4 is 15.6 Å². The Balaban J connectivity index is 1.62. The minimum atomic E-state index is -0.402. The first-order valence-electron chi connectivity index (χ1n) is 10.3.